The van der Waals surface area contributed by atoms with Crippen LogP contribution >= 0.6 is 24.4 Å². The average Bonchev–Trinajstić information content (AvgIpc) is 2.61. The highest BCUT2D eigenvalue weighted by Gasteiger charge is 2.40. The molecule has 1 aliphatic rings. The number of carbonyl (C=O) groups excluding carboxylic acids is 4. The fourth-order valence-corrected chi connectivity index (χ4v) is 3.76. The first-order valence-corrected chi connectivity index (χ1v) is 12.0. The Labute approximate surface area is 217 Å². The van der Waals surface area contributed by atoms with Crippen molar-refractivity contribution in [2.45, 2.75) is 97.1 Å². The molecule has 10 nitrogen and oxygen atoms in total. The number of carbonyl (C=O) groups is 4. The molecule has 0 radical (unpaired) electrons. The van der Waals surface area contributed by atoms with E-state index in [-0.39, 0.29) is 23.8 Å². The number of nitrogens with zero attached hydrogens (tertiary/aromatic N) is 1. The van der Waals surface area contributed by atoms with Crippen molar-refractivity contribution < 1.29 is 38.1 Å². The highest BCUT2D eigenvalue weighted by atomic mass is 32.1. The third kappa shape index (κ3) is 10.9. The fraction of sp³-hybridized carbons (Fsp3) is 0.739. The standard InChI is InChI=1S/C23H36N2O8S2/c1-13(26)31-16(21(29)30-8)12-17(34)24-14(19(27)32-22(2,3)4)11-18(35)25-10-9-15(25)20(28)33-23(5,6)7/h14-16H,9-12H2,1-8H3,(H,24,34)/t14-,15-,16-/m0/s1. The summed E-state index contributed by atoms with van der Waals surface area (Å²) in [5.41, 5.74) is -1.41. The van der Waals surface area contributed by atoms with Crippen LogP contribution in [0.3, 0.4) is 0 Å². The van der Waals surface area contributed by atoms with E-state index < -0.39 is 47.3 Å². The van der Waals surface area contributed by atoms with Gasteiger partial charge in [-0.05, 0) is 48.0 Å². The molecule has 0 aromatic rings. The normalized spacial score (nSPS) is 17.3. The maximum Gasteiger partial charge on any atom is 0.347 e. The van der Waals surface area contributed by atoms with Gasteiger partial charge in [0.1, 0.15) is 23.3 Å². The summed E-state index contributed by atoms with van der Waals surface area (Å²) in [5, 5.41) is 2.87. The SMILES string of the molecule is COC(=O)[C@H](CC(=S)N[C@@H](CC(=S)N1CC[C@H]1C(=O)OC(C)(C)C)C(=O)OC(C)(C)C)OC(C)=O. The minimum absolute atomic E-state index is 0.0140. The van der Waals surface area contributed by atoms with Crippen LogP contribution in [-0.2, 0) is 38.1 Å². The van der Waals surface area contributed by atoms with Gasteiger partial charge in [-0.3, -0.25) is 4.79 Å². The molecule has 1 rings (SSSR count). The first-order valence-electron chi connectivity index (χ1n) is 11.2. The van der Waals surface area contributed by atoms with Crippen LogP contribution in [0.5, 0.6) is 0 Å². The van der Waals surface area contributed by atoms with Crippen LogP contribution in [-0.4, -0.2) is 81.8 Å². The van der Waals surface area contributed by atoms with E-state index in [1.165, 1.54) is 0 Å². The Hall–Kier alpha value is -2.34. The summed E-state index contributed by atoms with van der Waals surface area (Å²) in [5.74, 6) is -2.46. The predicted octanol–water partition coefficient (Wildman–Crippen LogP) is 2.24. The topological polar surface area (TPSA) is 120 Å². The lowest BCUT2D eigenvalue weighted by atomic mass is 10.0. The number of methoxy groups -OCH3 is 1. The molecule has 3 atom stereocenters. The predicted molar refractivity (Wildman–Crippen MR) is 136 cm³/mol. The molecule has 0 aromatic heterocycles. The number of nitrogens with one attached hydrogen (secondary N) is 1. The molecule has 35 heavy (non-hydrogen) atoms. The maximum absolute atomic E-state index is 12.9. The van der Waals surface area contributed by atoms with Crippen LogP contribution in [0.2, 0.25) is 0 Å². The van der Waals surface area contributed by atoms with Gasteiger partial charge in [-0.1, -0.05) is 24.4 Å². The van der Waals surface area contributed by atoms with E-state index in [0.717, 1.165) is 14.0 Å². The van der Waals surface area contributed by atoms with Gasteiger partial charge in [-0.25, -0.2) is 14.4 Å². The molecular formula is C23H36N2O8S2. The lowest BCUT2D eigenvalue weighted by molar-refractivity contribution is -0.164. The van der Waals surface area contributed by atoms with E-state index in [2.05, 4.69) is 10.1 Å². The second kappa shape index (κ2) is 12.6. The molecule has 1 aliphatic heterocycles. The number of thiocarbonyl (C=S) groups is 2. The average molecular weight is 533 g/mol. The van der Waals surface area contributed by atoms with Crippen molar-refractivity contribution >= 4 is 58.3 Å². The van der Waals surface area contributed by atoms with Crippen LogP contribution in [0.15, 0.2) is 0 Å². The lowest BCUT2D eigenvalue weighted by Crippen LogP contribution is -2.57. The molecule has 1 saturated heterocycles. The van der Waals surface area contributed by atoms with Crippen molar-refractivity contribution in [1.29, 1.82) is 0 Å². The third-order valence-electron chi connectivity index (χ3n) is 4.57. The summed E-state index contributed by atoms with van der Waals surface area (Å²) >= 11 is 10.9. The molecule has 0 saturated carbocycles. The quantitative estimate of drug-likeness (QED) is 0.266. The van der Waals surface area contributed by atoms with Gasteiger partial charge in [0.05, 0.1) is 17.1 Å². The molecule has 0 unspecified atom stereocenters. The van der Waals surface area contributed by atoms with Gasteiger partial charge in [0.2, 0.25) is 6.10 Å². The van der Waals surface area contributed by atoms with Gasteiger partial charge in [0, 0.05) is 26.3 Å². The summed E-state index contributed by atoms with van der Waals surface area (Å²) in [4.78, 5) is 50.9. The zero-order chi connectivity index (χ0) is 27.1. The number of rotatable bonds is 9. The first kappa shape index (κ1) is 30.7. The zero-order valence-electron chi connectivity index (χ0n) is 21.6. The number of hydrogen-bond acceptors (Lipinski definition) is 10. The molecule has 0 bridgehead atoms. The monoisotopic (exact) mass is 532 g/mol. The Balaban J connectivity index is 2.96. The first-order chi connectivity index (χ1) is 15.9. The van der Waals surface area contributed by atoms with Crippen LogP contribution in [0.1, 0.15) is 67.7 Å². The summed E-state index contributed by atoms with van der Waals surface area (Å²) in [6, 6.07) is -1.52. The number of likely N-dealkylation sites (tertiary alicyclic amines) is 1. The summed E-state index contributed by atoms with van der Waals surface area (Å²) < 4.78 is 20.6. The van der Waals surface area contributed by atoms with Gasteiger partial charge in [0.15, 0.2) is 0 Å². The Morgan fingerprint density at radius 2 is 1.54 bits per heavy atom. The highest BCUT2D eigenvalue weighted by Crippen LogP contribution is 2.24. The smallest absolute Gasteiger partial charge is 0.347 e. The second-order valence-electron chi connectivity index (χ2n) is 10.1. The zero-order valence-corrected chi connectivity index (χ0v) is 23.2. The molecule has 198 valence electrons. The summed E-state index contributed by atoms with van der Waals surface area (Å²) in [6.07, 6.45) is -0.866. The van der Waals surface area contributed by atoms with E-state index >= 15 is 0 Å². The van der Waals surface area contributed by atoms with E-state index in [9.17, 15) is 19.2 Å². The molecule has 1 fully saturated rings. The van der Waals surface area contributed by atoms with Crippen molar-refractivity contribution in [3.63, 3.8) is 0 Å². The minimum Gasteiger partial charge on any atom is -0.466 e. The number of esters is 4. The highest BCUT2D eigenvalue weighted by molar-refractivity contribution is 7.80. The van der Waals surface area contributed by atoms with Crippen molar-refractivity contribution in [3.05, 3.63) is 0 Å². The maximum atomic E-state index is 12.9. The minimum atomic E-state index is -1.27. The fourth-order valence-electron chi connectivity index (χ4n) is 3.09. The van der Waals surface area contributed by atoms with Crippen molar-refractivity contribution in [2.75, 3.05) is 13.7 Å². The molecule has 0 spiro atoms. The van der Waals surface area contributed by atoms with Crippen molar-refractivity contribution in [3.8, 4) is 0 Å². The van der Waals surface area contributed by atoms with Crippen LogP contribution in [0.25, 0.3) is 0 Å². The van der Waals surface area contributed by atoms with E-state index in [0.29, 0.717) is 18.0 Å². The molecule has 0 aliphatic carbocycles. The molecule has 1 N–H and O–H groups in total. The van der Waals surface area contributed by atoms with E-state index in [1.54, 1.807) is 46.4 Å². The van der Waals surface area contributed by atoms with Gasteiger partial charge in [-0.2, -0.15) is 0 Å². The molecule has 0 amide bonds. The Bertz CT molecular complexity index is 847. The summed E-state index contributed by atoms with van der Waals surface area (Å²) in [6.45, 7) is 12.2. The molecule has 1 heterocycles. The molecular weight excluding hydrogens is 496 g/mol. The van der Waals surface area contributed by atoms with Crippen LogP contribution in [0.4, 0.5) is 0 Å². The molecule has 12 heteroatoms. The van der Waals surface area contributed by atoms with Gasteiger partial charge in [0.25, 0.3) is 0 Å². The molecule has 0 aromatic carbocycles. The van der Waals surface area contributed by atoms with Gasteiger partial charge in [-0.15, -0.1) is 0 Å². The Kier molecular flexibility index (Phi) is 11.0. The van der Waals surface area contributed by atoms with E-state index in [4.69, 9.17) is 38.6 Å². The third-order valence-corrected chi connectivity index (χ3v) is 5.25. The Morgan fingerprint density at radius 3 is 1.97 bits per heavy atom. The van der Waals surface area contributed by atoms with Crippen LogP contribution < -0.4 is 5.32 Å². The summed E-state index contributed by atoms with van der Waals surface area (Å²) in [7, 11) is 1.16. The van der Waals surface area contributed by atoms with Crippen LogP contribution in [0, 0.1) is 0 Å². The van der Waals surface area contributed by atoms with Crippen molar-refractivity contribution in [1.82, 2.24) is 10.2 Å². The Morgan fingerprint density at radius 1 is 0.971 bits per heavy atom. The van der Waals surface area contributed by atoms with Gasteiger partial charge >= 0.3 is 23.9 Å². The number of hydrogen-bond donors (Lipinski definition) is 1. The second-order valence-corrected chi connectivity index (χ2v) is 11.1. The number of ether oxygens (including phenoxy) is 4. The van der Waals surface area contributed by atoms with E-state index in [1.807, 2.05) is 0 Å². The van der Waals surface area contributed by atoms with Gasteiger partial charge < -0.3 is 29.2 Å². The lowest BCUT2D eigenvalue weighted by Gasteiger charge is -2.42. The largest absolute Gasteiger partial charge is 0.466 e. The van der Waals surface area contributed by atoms with Crippen molar-refractivity contribution in [2.24, 2.45) is 0 Å².